The lowest BCUT2D eigenvalue weighted by Gasteiger charge is -2.25. The van der Waals surface area contributed by atoms with Crippen molar-refractivity contribution < 1.29 is 14.3 Å². The zero-order valence-corrected chi connectivity index (χ0v) is 9.88. The van der Waals surface area contributed by atoms with Crippen molar-refractivity contribution in [3.63, 3.8) is 0 Å². The molecule has 0 saturated carbocycles. The Morgan fingerprint density at radius 3 is 3.05 bits per heavy atom. The van der Waals surface area contributed by atoms with Gasteiger partial charge in [0.1, 0.15) is 5.82 Å². The molecule has 0 radical (unpaired) electrons. The van der Waals surface area contributed by atoms with E-state index < -0.39 is 11.8 Å². The summed E-state index contributed by atoms with van der Waals surface area (Å²) in [5, 5.41) is 12.0. The first-order chi connectivity index (χ1) is 9.15. The van der Waals surface area contributed by atoms with E-state index >= 15 is 0 Å². The molecule has 0 amide bonds. The first kappa shape index (κ1) is 11.6. The fourth-order valence-electron chi connectivity index (χ4n) is 2.20. The highest BCUT2D eigenvalue weighted by Gasteiger charge is 2.25. The molecule has 2 N–H and O–H groups in total. The van der Waals surface area contributed by atoms with E-state index in [0.29, 0.717) is 18.2 Å². The molecule has 7 heteroatoms. The average Bonchev–Trinajstić information content (AvgIpc) is 2.83. The van der Waals surface area contributed by atoms with Crippen molar-refractivity contribution in [1.82, 2.24) is 14.5 Å². The molecule has 0 saturated heterocycles. The molecule has 6 nitrogen and oxygen atoms in total. The van der Waals surface area contributed by atoms with Gasteiger partial charge in [-0.15, -0.1) is 0 Å². The third-order valence-corrected chi connectivity index (χ3v) is 3.08. The summed E-state index contributed by atoms with van der Waals surface area (Å²) in [7, 11) is 0. The van der Waals surface area contributed by atoms with Gasteiger partial charge >= 0.3 is 5.97 Å². The molecule has 1 aliphatic rings. The first-order valence-corrected chi connectivity index (χ1v) is 5.82. The Morgan fingerprint density at radius 1 is 1.53 bits per heavy atom. The number of hydrogen-bond acceptors (Lipinski definition) is 4. The Hall–Kier alpha value is -2.44. The molecule has 3 heterocycles. The number of carboxylic acid groups (broad SMARTS) is 1. The van der Waals surface area contributed by atoms with Crippen molar-refractivity contribution in [2.45, 2.75) is 12.5 Å². The highest BCUT2D eigenvalue weighted by atomic mass is 19.1. The largest absolute Gasteiger partial charge is 0.476 e. The maximum Gasteiger partial charge on any atom is 0.356 e. The van der Waals surface area contributed by atoms with Gasteiger partial charge in [-0.25, -0.2) is 14.2 Å². The van der Waals surface area contributed by atoms with Crippen LogP contribution in [0.5, 0.6) is 0 Å². The molecule has 2 aromatic heterocycles. The Labute approximate surface area is 107 Å². The molecule has 0 aromatic carbocycles. The maximum absolute atomic E-state index is 12.9. The van der Waals surface area contributed by atoms with Gasteiger partial charge in [-0.05, 0) is 18.6 Å². The average molecular weight is 262 g/mol. The zero-order valence-electron chi connectivity index (χ0n) is 9.88. The van der Waals surface area contributed by atoms with Crippen LogP contribution in [0, 0.1) is 5.82 Å². The Bertz CT molecular complexity index is 623. The van der Waals surface area contributed by atoms with E-state index in [2.05, 4.69) is 15.3 Å². The van der Waals surface area contributed by atoms with E-state index in [1.807, 2.05) is 0 Å². The van der Waals surface area contributed by atoms with E-state index in [1.54, 1.807) is 10.6 Å². The lowest BCUT2D eigenvalue weighted by atomic mass is 10.1. The number of hydrogen-bond donors (Lipinski definition) is 2. The van der Waals surface area contributed by atoms with Crippen LogP contribution in [0.3, 0.4) is 0 Å². The minimum atomic E-state index is -1.07. The second-order valence-electron chi connectivity index (χ2n) is 4.29. The van der Waals surface area contributed by atoms with E-state index in [9.17, 15) is 9.18 Å². The van der Waals surface area contributed by atoms with Gasteiger partial charge in [-0.1, -0.05) is 0 Å². The fourth-order valence-corrected chi connectivity index (χ4v) is 2.20. The molecule has 2 aromatic rings. The van der Waals surface area contributed by atoms with Crippen LogP contribution < -0.4 is 5.32 Å². The summed E-state index contributed by atoms with van der Waals surface area (Å²) < 4.78 is 14.6. The molecule has 1 unspecified atom stereocenters. The maximum atomic E-state index is 12.9. The van der Waals surface area contributed by atoms with Gasteiger partial charge in [0.15, 0.2) is 5.69 Å². The monoisotopic (exact) mass is 262 g/mol. The number of imidazole rings is 1. The van der Waals surface area contributed by atoms with Gasteiger partial charge in [0.05, 0.1) is 17.9 Å². The smallest absolute Gasteiger partial charge is 0.356 e. The number of nitrogens with one attached hydrogen (secondary N) is 1. The number of carboxylic acids is 1. The van der Waals surface area contributed by atoms with Gasteiger partial charge in [0.25, 0.3) is 0 Å². The highest BCUT2D eigenvalue weighted by Crippen LogP contribution is 2.28. The van der Waals surface area contributed by atoms with Crippen LogP contribution in [0.1, 0.15) is 28.6 Å². The van der Waals surface area contributed by atoms with Crippen LogP contribution >= 0.6 is 0 Å². The van der Waals surface area contributed by atoms with Crippen molar-refractivity contribution in [1.29, 1.82) is 0 Å². The topological polar surface area (TPSA) is 80.0 Å². The van der Waals surface area contributed by atoms with Crippen LogP contribution in [0.2, 0.25) is 0 Å². The van der Waals surface area contributed by atoms with Gasteiger partial charge in [-0.2, -0.15) is 0 Å². The van der Waals surface area contributed by atoms with Gasteiger partial charge < -0.3 is 15.0 Å². The lowest BCUT2D eigenvalue weighted by Crippen LogP contribution is -2.24. The van der Waals surface area contributed by atoms with Crippen LogP contribution in [0.15, 0.2) is 24.5 Å². The number of carbonyl (C=O) groups is 1. The van der Waals surface area contributed by atoms with Crippen LogP contribution in [0.25, 0.3) is 0 Å². The van der Waals surface area contributed by atoms with Gasteiger partial charge in [0.2, 0.25) is 5.95 Å². The Balaban J connectivity index is 2.02. The normalized spacial score (nSPS) is 17.6. The quantitative estimate of drug-likeness (QED) is 0.857. The standard InChI is InChI=1S/C12H11FN4O2/c13-7-1-2-8(15-5-7)10-3-4-14-12-16-9(11(18)19)6-17(10)12/h1-2,5-6,10H,3-4H2,(H,14,16)(H,18,19). The number of halogens is 1. The Morgan fingerprint density at radius 2 is 2.37 bits per heavy atom. The predicted molar refractivity (Wildman–Crippen MR) is 64.6 cm³/mol. The first-order valence-electron chi connectivity index (χ1n) is 5.82. The zero-order chi connectivity index (χ0) is 13.4. The highest BCUT2D eigenvalue weighted by molar-refractivity contribution is 5.85. The number of rotatable bonds is 2. The van der Waals surface area contributed by atoms with Crippen molar-refractivity contribution in [3.8, 4) is 0 Å². The van der Waals surface area contributed by atoms with E-state index in [1.165, 1.54) is 12.3 Å². The minimum absolute atomic E-state index is 0.0171. The number of aromatic carboxylic acids is 1. The molecule has 19 heavy (non-hydrogen) atoms. The summed E-state index contributed by atoms with van der Waals surface area (Å²) in [6.07, 6.45) is 3.37. The summed E-state index contributed by atoms with van der Waals surface area (Å²) in [6, 6.07) is 2.83. The fraction of sp³-hybridized carbons (Fsp3) is 0.250. The number of pyridine rings is 1. The second-order valence-corrected chi connectivity index (χ2v) is 4.29. The summed E-state index contributed by atoms with van der Waals surface area (Å²) in [5.74, 6) is -0.968. The molecular formula is C12H11FN4O2. The summed E-state index contributed by atoms with van der Waals surface area (Å²) in [5.41, 5.74) is 0.676. The molecule has 1 aliphatic heterocycles. The molecule has 0 fully saturated rings. The van der Waals surface area contributed by atoms with Crippen molar-refractivity contribution in [3.05, 3.63) is 41.7 Å². The predicted octanol–water partition coefficient (Wildman–Crippen LogP) is 1.52. The Kier molecular flexibility index (Phi) is 2.66. The SMILES string of the molecule is O=C(O)c1cn2c(n1)NCCC2c1ccc(F)cn1. The van der Waals surface area contributed by atoms with Crippen molar-refractivity contribution in [2.24, 2.45) is 0 Å². The van der Waals surface area contributed by atoms with Crippen LogP contribution in [0.4, 0.5) is 10.3 Å². The third-order valence-electron chi connectivity index (χ3n) is 3.08. The lowest BCUT2D eigenvalue weighted by molar-refractivity contribution is 0.0691. The minimum Gasteiger partial charge on any atom is -0.476 e. The van der Waals surface area contributed by atoms with E-state index in [0.717, 1.165) is 12.6 Å². The van der Waals surface area contributed by atoms with Crippen molar-refractivity contribution in [2.75, 3.05) is 11.9 Å². The van der Waals surface area contributed by atoms with Crippen LogP contribution in [-0.2, 0) is 0 Å². The summed E-state index contributed by atoms with van der Waals surface area (Å²) >= 11 is 0. The number of aromatic nitrogens is 3. The molecule has 0 spiro atoms. The molecule has 0 aliphatic carbocycles. The van der Waals surface area contributed by atoms with Crippen molar-refractivity contribution >= 4 is 11.9 Å². The number of anilines is 1. The second kappa shape index (κ2) is 4.34. The van der Waals surface area contributed by atoms with Gasteiger partial charge in [-0.3, -0.25) is 4.98 Å². The molecule has 1 atom stereocenters. The van der Waals surface area contributed by atoms with Gasteiger partial charge in [0, 0.05) is 12.7 Å². The van der Waals surface area contributed by atoms with Crippen LogP contribution in [-0.4, -0.2) is 32.2 Å². The summed E-state index contributed by atoms with van der Waals surface area (Å²) in [4.78, 5) is 19.0. The number of fused-ring (bicyclic) bond motifs is 1. The summed E-state index contributed by atoms with van der Waals surface area (Å²) in [6.45, 7) is 0.666. The molecular weight excluding hydrogens is 251 g/mol. The number of nitrogens with zero attached hydrogens (tertiary/aromatic N) is 3. The van der Waals surface area contributed by atoms with E-state index in [4.69, 9.17) is 5.11 Å². The third kappa shape index (κ3) is 2.03. The molecule has 0 bridgehead atoms. The molecule has 98 valence electrons. The molecule has 3 rings (SSSR count). The van der Waals surface area contributed by atoms with E-state index in [-0.39, 0.29) is 11.7 Å².